The van der Waals surface area contributed by atoms with Gasteiger partial charge in [-0.15, -0.1) is 0 Å². The monoisotopic (exact) mass is 273 g/mol. The smallest absolute Gasteiger partial charge is 0.324 e. The third kappa shape index (κ3) is 8.97. The van der Waals surface area contributed by atoms with E-state index in [1.54, 1.807) is 0 Å². The molecule has 114 valence electrons. The van der Waals surface area contributed by atoms with Gasteiger partial charge in [0.2, 0.25) is 0 Å². The molecule has 1 unspecified atom stereocenters. The summed E-state index contributed by atoms with van der Waals surface area (Å²) in [5.41, 5.74) is 0. The molecule has 0 aliphatic carbocycles. The predicted molar refractivity (Wildman–Crippen MR) is 79.4 cm³/mol. The van der Waals surface area contributed by atoms with Crippen molar-refractivity contribution in [2.24, 2.45) is 0 Å². The second kappa shape index (κ2) is 10.2. The molecule has 0 spiro atoms. The lowest BCUT2D eigenvalue weighted by Crippen LogP contribution is -2.50. The Balaban J connectivity index is 4.48. The number of methoxy groups -OCH3 is 1. The molecule has 0 aliphatic rings. The molecule has 0 aromatic heterocycles. The summed E-state index contributed by atoms with van der Waals surface area (Å²) in [4.78, 5) is 16.3. The van der Waals surface area contributed by atoms with E-state index in [1.165, 1.54) is 7.11 Å². The molecule has 0 fully saturated rings. The molecule has 0 aromatic rings. The van der Waals surface area contributed by atoms with Gasteiger partial charge in [-0.2, -0.15) is 0 Å². The molecule has 0 heterocycles. The van der Waals surface area contributed by atoms with Crippen molar-refractivity contribution in [3.8, 4) is 0 Å². The number of ether oxygens (including phenoxy) is 1. The fraction of sp³-hybridized carbons (Fsp3) is 0.929. The highest BCUT2D eigenvalue weighted by atomic mass is 16.5. The maximum atomic E-state index is 11.8. The van der Waals surface area contributed by atoms with Crippen molar-refractivity contribution in [1.82, 2.24) is 15.1 Å². The van der Waals surface area contributed by atoms with Crippen LogP contribution < -0.4 is 5.32 Å². The van der Waals surface area contributed by atoms with Crippen molar-refractivity contribution in [2.45, 2.75) is 39.3 Å². The fourth-order valence-corrected chi connectivity index (χ4v) is 1.95. The first-order chi connectivity index (χ1) is 8.90. The highest BCUT2D eigenvalue weighted by Crippen LogP contribution is 1.99. The fourth-order valence-electron chi connectivity index (χ4n) is 1.95. The van der Waals surface area contributed by atoms with E-state index in [1.807, 2.05) is 13.8 Å². The van der Waals surface area contributed by atoms with E-state index in [9.17, 15) is 4.79 Å². The van der Waals surface area contributed by atoms with Gasteiger partial charge >= 0.3 is 5.97 Å². The molecule has 0 saturated heterocycles. The molecule has 0 radical (unpaired) electrons. The van der Waals surface area contributed by atoms with Crippen LogP contribution >= 0.6 is 0 Å². The highest BCUT2D eigenvalue weighted by Gasteiger charge is 2.22. The van der Waals surface area contributed by atoms with Crippen LogP contribution in [0.15, 0.2) is 0 Å². The van der Waals surface area contributed by atoms with E-state index in [4.69, 9.17) is 4.74 Å². The number of carbonyl (C=O) groups excluding carboxylic acids is 1. The van der Waals surface area contributed by atoms with E-state index in [-0.39, 0.29) is 18.1 Å². The van der Waals surface area contributed by atoms with Gasteiger partial charge in [0.15, 0.2) is 0 Å². The van der Waals surface area contributed by atoms with Crippen LogP contribution in [0.1, 0.15) is 27.2 Å². The Hall–Kier alpha value is -0.650. The average molecular weight is 273 g/mol. The van der Waals surface area contributed by atoms with E-state index in [2.05, 4.69) is 36.1 Å². The zero-order valence-electron chi connectivity index (χ0n) is 13.4. The molecular formula is C14H31N3O2. The van der Waals surface area contributed by atoms with Crippen LogP contribution in [-0.4, -0.2) is 75.2 Å². The molecule has 0 rings (SSSR count). The summed E-state index contributed by atoms with van der Waals surface area (Å²) in [7, 11) is 5.57. The Kier molecular flexibility index (Phi) is 9.83. The van der Waals surface area contributed by atoms with Crippen LogP contribution in [0.3, 0.4) is 0 Å². The molecule has 0 aromatic carbocycles. The lowest BCUT2D eigenvalue weighted by molar-refractivity contribution is -0.143. The summed E-state index contributed by atoms with van der Waals surface area (Å²) in [5.74, 6) is -0.181. The highest BCUT2D eigenvalue weighted by molar-refractivity contribution is 5.75. The van der Waals surface area contributed by atoms with Gasteiger partial charge in [0, 0.05) is 25.7 Å². The van der Waals surface area contributed by atoms with Crippen molar-refractivity contribution in [3.05, 3.63) is 0 Å². The summed E-state index contributed by atoms with van der Waals surface area (Å²) >= 11 is 0. The van der Waals surface area contributed by atoms with Crippen LogP contribution in [0.4, 0.5) is 0 Å². The largest absolute Gasteiger partial charge is 0.468 e. The maximum absolute atomic E-state index is 11.8. The third-order valence-corrected chi connectivity index (χ3v) is 2.86. The lowest BCUT2D eigenvalue weighted by Gasteiger charge is -2.28. The quantitative estimate of drug-likeness (QED) is 0.597. The van der Waals surface area contributed by atoms with Crippen LogP contribution in [0.25, 0.3) is 0 Å². The number of nitrogens with zero attached hydrogens (tertiary/aromatic N) is 2. The normalized spacial score (nSPS) is 13.3. The molecule has 0 bridgehead atoms. The molecule has 0 aliphatic heterocycles. The Labute approximate surface area is 118 Å². The summed E-state index contributed by atoms with van der Waals surface area (Å²) in [6.45, 7) is 9.91. The van der Waals surface area contributed by atoms with E-state index < -0.39 is 0 Å². The first-order valence-corrected chi connectivity index (χ1v) is 7.11. The lowest BCUT2D eigenvalue weighted by atomic mass is 10.2. The van der Waals surface area contributed by atoms with Crippen molar-refractivity contribution in [2.75, 3.05) is 47.4 Å². The first kappa shape index (κ1) is 18.4. The zero-order chi connectivity index (χ0) is 14.8. The Morgan fingerprint density at radius 1 is 1.21 bits per heavy atom. The molecule has 0 saturated carbocycles. The van der Waals surface area contributed by atoms with E-state index >= 15 is 0 Å². The predicted octanol–water partition coefficient (Wildman–Crippen LogP) is 0.800. The summed E-state index contributed by atoms with van der Waals surface area (Å²) < 4.78 is 4.88. The molecule has 1 N–H and O–H groups in total. The second-order valence-corrected chi connectivity index (χ2v) is 5.50. The summed E-state index contributed by atoms with van der Waals surface area (Å²) in [5, 5.41) is 3.28. The number of rotatable bonds is 10. The van der Waals surface area contributed by atoms with Crippen molar-refractivity contribution in [1.29, 1.82) is 0 Å². The second-order valence-electron chi connectivity index (χ2n) is 5.50. The Bertz CT molecular complexity index is 245. The minimum absolute atomic E-state index is 0.181. The van der Waals surface area contributed by atoms with Crippen LogP contribution in [0.2, 0.25) is 0 Å². The number of likely N-dealkylation sites (N-methyl/N-ethyl adjacent to an activating group) is 1. The molecule has 0 amide bonds. The first-order valence-electron chi connectivity index (χ1n) is 7.11. The van der Waals surface area contributed by atoms with Crippen LogP contribution in [0, 0.1) is 0 Å². The van der Waals surface area contributed by atoms with Gasteiger partial charge < -0.3 is 15.0 Å². The number of esters is 1. The standard InChI is InChI=1S/C14H31N3O2/c1-7-8-17(10-9-16(4)5)11-13(14(18)19-6)15-12(2)3/h12-13,15H,7-11H2,1-6H3. The van der Waals surface area contributed by atoms with Gasteiger partial charge in [0.05, 0.1) is 7.11 Å². The molecule has 5 heteroatoms. The van der Waals surface area contributed by atoms with E-state index in [0.29, 0.717) is 6.54 Å². The van der Waals surface area contributed by atoms with Gasteiger partial charge in [-0.1, -0.05) is 20.8 Å². The van der Waals surface area contributed by atoms with Crippen molar-refractivity contribution < 1.29 is 9.53 Å². The Morgan fingerprint density at radius 3 is 2.26 bits per heavy atom. The topological polar surface area (TPSA) is 44.8 Å². The van der Waals surface area contributed by atoms with E-state index in [0.717, 1.165) is 26.1 Å². The minimum Gasteiger partial charge on any atom is -0.468 e. The minimum atomic E-state index is -0.251. The van der Waals surface area contributed by atoms with Crippen LogP contribution in [0.5, 0.6) is 0 Å². The SMILES string of the molecule is CCCN(CCN(C)C)CC(NC(C)C)C(=O)OC. The van der Waals surface area contributed by atoms with Crippen molar-refractivity contribution in [3.63, 3.8) is 0 Å². The Morgan fingerprint density at radius 2 is 1.84 bits per heavy atom. The van der Waals surface area contributed by atoms with Crippen LogP contribution in [-0.2, 0) is 9.53 Å². The summed E-state index contributed by atoms with van der Waals surface area (Å²) in [6, 6.07) is 0.0140. The molecule has 1 atom stereocenters. The van der Waals surface area contributed by atoms with Gasteiger partial charge in [-0.3, -0.25) is 9.69 Å². The average Bonchev–Trinajstić information content (AvgIpc) is 2.33. The van der Waals surface area contributed by atoms with Gasteiger partial charge in [0.1, 0.15) is 6.04 Å². The third-order valence-electron chi connectivity index (χ3n) is 2.86. The molecular weight excluding hydrogens is 242 g/mol. The number of carbonyl (C=O) groups is 1. The number of hydrogen-bond donors (Lipinski definition) is 1. The van der Waals surface area contributed by atoms with Crippen molar-refractivity contribution >= 4 is 5.97 Å². The molecule has 5 nitrogen and oxygen atoms in total. The number of hydrogen-bond acceptors (Lipinski definition) is 5. The van der Waals surface area contributed by atoms with Gasteiger partial charge in [-0.25, -0.2) is 0 Å². The molecule has 19 heavy (non-hydrogen) atoms. The van der Waals surface area contributed by atoms with Gasteiger partial charge in [-0.05, 0) is 27.1 Å². The summed E-state index contributed by atoms with van der Waals surface area (Å²) in [6.07, 6.45) is 1.09. The van der Waals surface area contributed by atoms with Gasteiger partial charge in [0.25, 0.3) is 0 Å². The number of nitrogens with one attached hydrogen (secondary N) is 1. The zero-order valence-corrected chi connectivity index (χ0v) is 13.4. The maximum Gasteiger partial charge on any atom is 0.324 e.